The molecule has 2 fully saturated rings. The fourth-order valence-electron chi connectivity index (χ4n) is 2.07. The third-order valence-electron chi connectivity index (χ3n) is 3.41. The molecule has 112 valence electrons. The van der Waals surface area contributed by atoms with Crippen molar-refractivity contribution >= 4 is 17.7 Å². The molecule has 1 aliphatic carbocycles. The van der Waals surface area contributed by atoms with E-state index in [4.69, 9.17) is 0 Å². The highest BCUT2D eigenvalue weighted by Crippen LogP contribution is 2.18. The minimum absolute atomic E-state index is 0.0233. The van der Waals surface area contributed by atoms with Crippen LogP contribution in [-0.4, -0.2) is 61.4 Å². The van der Waals surface area contributed by atoms with Gasteiger partial charge in [-0.2, -0.15) is 0 Å². The Hall–Kier alpha value is -1.63. The topological polar surface area (TPSA) is 90.5 Å². The van der Waals surface area contributed by atoms with Gasteiger partial charge in [0.1, 0.15) is 0 Å². The maximum atomic E-state index is 11.8. The van der Waals surface area contributed by atoms with Crippen molar-refractivity contribution in [2.45, 2.75) is 31.7 Å². The molecule has 1 saturated carbocycles. The standard InChI is InChI=1S/C13H22N4O3/c18-11(16-10-3-4-10)2-1-5-15-12(19)13(20)17-8-6-14-7-9-17/h10,14H,1-9H2,(H,15,19)(H,16,18). The molecule has 0 radical (unpaired) electrons. The van der Waals surface area contributed by atoms with E-state index in [1.807, 2.05) is 0 Å². The monoisotopic (exact) mass is 282 g/mol. The van der Waals surface area contributed by atoms with Crippen LogP contribution in [0.2, 0.25) is 0 Å². The molecule has 7 heteroatoms. The van der Waals surface area contributed by atoms with E-state index in [-0.39, 0.29) is 5.91 Å². The predicted molar refractivity (Wildman–Crippen MR) is 72.9 cm³/mol. The van der Waals surface area contributed by atoms with Crippen molar-refractivity contribution in [1.29, 1.82) is 0 Å². The van der Waals surface area contributed by atoms with E-state index in [0.717, 1.165) is 25.9 Å². The van der Waals surface area contributed by atoms with E-state index < -0.39 is 11.8 Å². The van der Waals surface area contributed by atoms with Gasteiger partial charge in [0.05, 0.1) is 0 Å². The van der Waals surface area contributed by atoms with E-state index >= 15 is 0 Å². The zero-order valence-corrected chi connectivity index (χ0v) is 11.6. The summed E-state index contributed by atoms with van der Waals surface area (Å²) in [5.74, 6) is -1.03. The molecular weight excluding hydrogens is 260 g/mol. The molecule has 0 unspecified atom stereocenters. The van der Waals surface area contributed by atoms with Crippen LogP contribution < -0.4 is 16.0 Å². The van der Waals surface area contributed by atoms with Crippen molar-refractivity contribution in [1.82, 2.24) is 20.9 Å². The Morgan fingerprint density at radius 3 is 2.50 bits per heavy atom. The summed E-state index contributed by atoms with van der Waals surface area (Å²) < 4.78 is 0. The summed E-state index contributed by atoms with van der Waals surface area (Å²) in [6.45, 7) is 2.93. The second-order valence-corrected chi connectivity index (χ2v) is 5.24. The Morgan fingerprint density at radius 2 is 1.85 bits per heavy atom. The number of carbonyl (C=O) groups excluding carboxylic acids is 3. The third-order valence-corrected chi connectivity index (χ3v) is 3.41. The maximum absolute atomic E-state index is 11.8. The molecule has 2 rings (SSSR count). The smallest absolute Gasteiger partial charge is 0.311 e. The highest BCUT2D eigenvalue weighted by Gasteiger charge is 2.24. The van der Waals surface area contributed by atoms with Crippen LogP contribution in [-0.2, 0) is 14.4 Å². The highest BCUT2D eigenvalue weighted by atomic mass is 16.2. The summed E-state index contributed by atoms with van der Waals surface area (Å²) in [4.78, 5) is 36.4. The van der Waals surface area contributed by atoms with Gasteiger partial charge in [0.25, 0.3) is 0 Å². The van der Waals surface area contributed by atoms with Gasteiger partial charge >= 0.3 is 11.8 Å². The van der Waals surface area contributed by atoms with Crippen molar-refractivity contribution in [3.63, 3.8) is 0 Å². The minimum Gasteiger partial charge on any atom is -0.353 e. The molecule has 1 saturated heterocycles. The first-order chi connectivity index (χ1) is 9.66. The average molecular weight is 282 g/mol. The molecule has 20 heavy (non-hydrogen) atoms. The number of nitrogens with zero attached hydrogens (tertiary/aromatic N) is 1. The predicted octanol–water partition coefficient (Wildman–Crippen LogP) is -1.41. The zero-order chi connectivity index (χ0) is 14.4. The van der Waals surface area contributed by atoms with Gasteiger partial charge in [-0.05, 0) is 19.3 Å². The molecule has 0 bridgehead atoms. The van der Waals surface area contributed by atoms with Crippen LogP contribution in [0.5, 0.6) is 0 Å². The van der Waals surface area contributed by atoms with Crippen LogP contribution in [0, 0.1) is 0 Å². The van der Waals surface area contributed by atoms with E-state index in [1.54, 1.807) is 4.90 Å². The van der Waals surface area contributed by atoms with Crippen LogP contribution in [0.15, 0.2) is 0 Å². The number of carbonyl (C=O) groups is 3. The molecular formula is C13H22N4O3. The largest absolute Gasteiger partial charge is 0.353 e. The Bertz CT molecular complexity index is 376. The summed E-state index contributed by atoms with van der Waals surface area (Å²) in [5, 5.41) is 8.58. The lowest BCUT2D eigenvalue weighted by Crippen LogP contribution is -2.51. The van der Waals surface area contributed by atoms with Crippen molar-refractivity contribution in [2.24, 2.45) is 0 Å². The van der Waals surface area contributed by atoms with Crippen LogP contribution in [0.4, 0.5) is 0 Å². The molecule has 0 aromatic heterocycles. The van der Waals surface area contributed by atoms with Crippen molar-refractivity contribution in [2.75, 3.05) is 32.7 Å². The van der Waals surface area contributed by atoms with Crippen molar-refractivity contribution < 1.29 is 14.4 Å². The van der Waals surface area contributed by atoms with E-state index in [9.17, 15) is 14.4 Å². The fourth-order valence-corrected chi connectivity index (χ4v) is 2.07. The number of rotatable bonds is 5. The van der Waals surface area contributed by atoms with Crippen molar-refractivity contribution in [3.05, 3.63) is 0 Å². The maximum Gasteiger partial charge on any atom is 0.311 e. The van der Waals surface area contributed by atoms with Gasteiger partial charge in [0, 0.05) is 45.2 Å². The molecule has 7 nitrogen and oxygen atoms in total. The van der Waals surface area contributed by atoms with Crippen LogP contribution in [0.25, 0.3) is 0 Å². The van der Waals surface area contributed by atoms with Gasteiger partial charge < -0.3 is 20.9 Å². The second kappa shape index (κ2) is 7.23. The summed E-state index contributed by atoms with van der Waals surface area (Å²) in [7, 11) is 0. The van der Waals surface area contributed by atoms with Gasteiger partial charge in [-0.3, -0.25) is 14.4 Å². The molecule has 2 aliphatic rings. The lowest BCUT2D eigenvalue weighted by atomic mass is 10.3. The first-order valence-electron chi connectivity index (χ1n) is 7.24. The number of hydrogen-bond acceptors (Lipinski definition) is 4. The molecule has 0 aromatic rings. The van der Waals surface area contributed by atoms with E-state index in [0.29, 0.717) is 38.5 Å². The van der Waals surface area contributed by atoms with Crippen LogP contribution in [0.1, 0.15) is 25.7 Å². The van der Waals surface area contributed by atoms with Crippen LogP contribution in [0.3, 0.4) is 0 Å². The number of hydrogen-bond donors (Lipinski definition) is 3. The number of amides is 3. The molecule has 0 spiro atoms. The van der Waals surface area contributed by atoms with Crippen molar-refractivity contribution in [3.8, 4) is 0 Å². The van der Waals surface area contributed by atoms with Gasteiger partial charge in [0.2, 0.25) is 5.91 Å². The normalized spacial score (nSPS) is 18.5. The second-order valence-electron chi connectivity index (χ2n) is 5.24. The molecule has 1 heterocycles. The van der Waals surface area contributed by atoms with Gasteiger partial charge in [-0.25, -0.2) is 0 Å². The van der Waals surface area contributed by atoms with Gasteiger partial charge in [0.15, 0.2) is 0 Å². The average Bonchev–Trinajstić information content (AvgIpc) is 3.27. The fraction of sp³-hybridized carbons (Fsp3) is 0.769. The quantitative estimate of drug-likeness (QED) is 0.427. The molecule has 0 aromatic carbocycles. The third kappa shape index (κ3) is 4.80. The van der Waals surface area contributed by atoms with Gasteiger partial charge in [-0.1, -0.05) is 0 Å². The molecule has 0 atom stereocenters. The minimum atomic E-state index is -0.575. The first kappa shape index (κ1) is 14.8. The Kier molecular flexibility index (Phi) is 5.34. The summed E-state index contributed by atoms with van der Waals surface area (Å²) in [6, 6.07) is 0.367. The highest BCUT2D eigenvalue weighted by molar-refractivity contribution is 6.35. The van der Waals surface area contributed by atoms with Crippen LogP contribution >= 0.6 is 0 Å². The lowest BCUT2D eigenvalue weighted by molar-refractivity contribution is -0.146. The summed E-state index contributed by atoms with van der Waals surface area (Å²) in [5.41, 5.74) is 0. The lowest BCUT2D eigenvalue weighted by Gasteiger charge is -2.26. The van der Waals surface area contributed by atoms with Gasteiger partial charge in [-0.15, -0.1) is 0 Å². The first-order valence-corrected chi connectivity index (χ1v) is 7.24. The molecule has 3 N–H and O–H groups in total. The molecule has 1 aliphatic heterocycles. The zero-order valence-electron chi connectivity index (χ0n) is 11.6. The SMILES string of the molecule is O=C(CCCNC(=O)C(=O)N1CCNCC1)NC1CC1. The summed E-state index contributed by atoms with van der Waals surface area (Å²) >= 11 is 0. The Balaban J connectivity index is 1.56. The van der Waals surface area contributed by atoms with E-state index in [2.05, 4.69) is 16.0 Å². The number of piperazine rings is 1. The van der Waals surface area contributed by atoms with E-state index in [1.165, 1.54) is 0 Å². The molecule has 3 amide bonds. The Labute approximate surface area is 118 Å². The Morgan fingerprint density at radius 1 is 1.15 bits per heavy atom. The summed E-state index contributed by atoms with van der Waals surface area (Å²) in [6.07, 6.45) is 3.08. The number of nitrogens with one attached hydrogen (secondary N) is 3.